The van der Waals surface area contributed by atoms with E-state index in [0.29, 0.717) is 44.5 Å². The predicted octanol–water partition coefficient (Wildman–Crippen LogP) is 2.76. The van der Waals surface area contributed by atoms with Gasteiger partial charge in [-0.25, -0.2) is 9.78 Å². The standard InChI is InChI=1S/C20H30N4O3/c1-3-16-7-5-6-10-24(16)17-8-9-18(21-15-17)19(25)22-11-13-23(14-12-22)20(26)27-4-2/h8-9,15-16H,3-7,10-14H2,1-2H3. The van der Waals surface area contributed by atoms with Crippen molar-refractivity contribution in [1.82, 2.24) is 14.8 Å². The number of hydrogen-bond acceptors (Lipinski definition) is 5. The summed E-state index contributed by atoms with van der Waals surface area (Å²) in [5.41, 5.74) is 1.57. The molecule has 7 heteroatoms. The predicted molar refractivity (Wildman–Crippen MR) is 104 cm³/mol. The van der Waals surface area contributed by atoms with E-state index in [1.807, 2.05) is 18.3 Å². The third-order valence-corrected chi connectivity index (χ3v) is 5.49. The molecule has 2 amide bonds. The first-order valence-electron chi connectivity index (χ1n) is 10.1. The second-order valence-electron chi connectivity index (χ2n) is 7.13. The van der Waals surface area contributed by atoms with Crippen LogP contribution in [0, 0.1) is 0 Å². The smallest absolute Gasteiger partial charge is 0.409 e. The Morgan fingerprint density at radius 1 is 1.07 bits per heavy atom. The largest absolute Gasteiger partial charge is 0.450 e. The van der Waals surface area contributed by atoms with Crippen LogP contribution in [0.15, 0.2) is 18.3 Å². The minimum Gasteiger partial charge on any atom is -0.450 e. The number of piperazine rings is 1. The Morgan fingerprint density at radius 3 is 2.44 bits per heavy atom. The summed E-state index contributed by atoms with van der Waals surface area (Å²) in [6, 6.07) is 4.41. The Labute approximate surface area is 161 Å². The van der Waals surface area contributed by atoms with E-state index in [0.717, 1.165) is 18.7 Å². The third kappa shape index (κ3) is 4.51. The lowest BCUT2D eigenvalue weighted by Crippen LogP contribution is -2.50. The summed E-state index contributed by atoms with van der Waals surface area (Å²) in [5, 5.41) is 0. The number of amides is 2. The summed E-state index contributed by atoms with van der Waals surface area (Å²) in [4.78, 5) is 34.8. The van der Waals surface area contributed by atoms with Gasteiger partial charge in [0.2, 0.25) is 0 Å². The second-order valence-corrected chi connectivity index (χ2v) is 7.13. The van der Waals surface area contributed by atoms with E-state index >= 15 is 0 Å². The minimum absolute atomic E-state index is 0.0734. The van der Waals surface area contributed by atoms with Gasteiger partial charge < -0.3 is 19.4 Å². The summed E-state index contributed by atoms with van der Waals surface area (Å²) >= 11 is 0. The van der Waals surface area contributed by atoms with Crippen LogP contribution in [-0.2, 0) is 4.74 Å². The van der Waals surface area contributed by atoms with Crippen molar-refractivity contribution in [3.63, 3.8) is 0 Å². The molecule has 2 saturated heterocycles. The highest BCUT2D eigenvalue weighted by Crippen LogP contribution is 2.26. The van der Waals surface area contributed by atoms with Crippen molar-refractivity contribution in [2.75, 3.05) is 44.2 Å². The third-order valence-electron chi connectivity index (χ3n) is 5.49. The Morgan fingerprint density at radius 2 is 1.81 bits per heavy atom. The first-order chi connectivity index (χ1) is 13.1. The van der Waals surface area contributed by atoms with Gasteiger partial charge in [0.1, 0.15) is 5.69 Å². The van der Waals surface area contributed by atoms with Crippen molar-refractivity contribution in [2.45, 2.75) is 45.6 Å². The average Bonchev–Trinajstić information content (AvgIpc) is 2.73. The van der Waals surface area contributed by atoms with Crippen LogP contribution < -0.4 is 4.90 Å². The van der Waals surface area contributed by atoms with E-state index in [2.05, 4.69) is 16.8 Å². The summed E-state index contributed by atoms with van der Waals surface area (Å²) < 4.78 is 5.02. The fourth-order valence-electron chi connectivity index (χ4n) is 3.92. The fraction of sp³-hybridized carbons (Fsp3) is 0.650. The number of carbonyl (C=O) groups is 2. The molecular formula is C20H30N4O3. The van der Waals surface area contributed by atoms with Gasteiger partial charge in [-0.15, -0.1) is 0 Å². The fourth-order valence-corrected chi connectivity index (χ4v) is 3.92. The molecular weight excluding hydrogens is 344 g/mol. The van der Waals surface area contributed by atoms with Crippen LogP contribution in [0.5, 0.6) is 0 Å². The number of rotatable bonds is 4. The molecule has 7 nitrogen and oxygen atoms in total. The number of hydrogen-bond donors (Lipinski definition) is 0. The Kier molecular flexibility index (Phi) is 6.53. The number of piperidine rings is 1. The Balaban J connectivity index is 1.59. The molecule has 3 rings (SSSR count). The second kappa shape index (κ2) is 9.06. The van der Waals surface area contributed by atoms with Crippen molar-refractivity contribution in [2.24, 2.45) is 0 Å². The molecule has 0 spiro atoms. The highest BCUT2D eigenvalue weighted by molar-refractivity contribution is 5.92. The lowest BCUT2D eigenvalue weighted by molar-refractivity contribution is 0.0566. The van der Waals surface area contributed by atoms with Gasteiger partial charge in [0.15, 0.2) is 0 Å². The van der Waals surface area contributed by atoms with Crippen LogP contribution in [0.3, 0.4) is 0 Å². The van der Waals surface area contributed by atoms with Gasteiger partial charge >= 0.3 is 6.09 Å². The molecule has 0 radical (unpaired) electrons. The lowest BCUT2D eigenvalue weighted by Gasteiger charge is -2.37. The maximum Gasteiger partial charge on any atom is 0.409 e. The van der Waals surface area contributed by atoms with Crippen LogP contribution in [0.1, 0.15) is 50.0 Å². The van der Waals surface area contributed by atoms with E-state index in [1.165, 1.54) is 19.3 Å². The minimum atomic E-state index is -0.306. The lowest BCUT2D eigenvalue weighted by atomic mass is 9.99. The number of anilines is 1. The summed E-state index contributed by atoms with van der Waals surface area (Å²) in [6.07, 6.45) is 6.38. The highest BCUT2D eigenvalue weighted by Gasteiger charge is 2.26. The molecule has 2 aliphatic heterocycles. The van der Waals surface area contributed by atoms with Crippen LogP contribution >= 0.6 is 0 Å². The molecule has 0 aromatic carbocycles. The number of pyridine rings is 1. The van der Waals surface area contributed by atoms with Gasteiger partial charge in [-0.1, -0.05) is 6.92 Å². The first-order valence-corrected chi connectivity index (χ1v) is 10.1. The van der Waals surface area contributed by atoms with Gasteiger partial charge in [0.05, 0.1) is 18.5 Å². The molecule has 0 bridgehead atoms. The van der Waals surface area contributed by atoms with Gasteiger partial charge in [-0.3, -0.25) is 4.79 Å². The number of nitrogens with zero attached hydrogens (tertiary/aromatic N) is 4. The molecule has 2 aliphatic rings. The van der Waals surface area contributed by atoms with Gasteiger partial charge in [-0.05, 0) is 44.7 Å². The number of aromatic nitrogens is 1. The van der Waals surface area contributed by atoms with Crippen molar-refractivity contribution in [3.05, 3.63) is 24.0 Å². The maximum atomic E-state index is 12.7. The maximum absolute atomic E-state index is 12.7. The van der Waals surface area contributed by atoms with Crippen molar-refractivity contribution >= 4 is 17.7 Å². The zero-order chi connectivity index (χ0) is 19.2. The molecule has 0 saturated carbocycles. The first kappa shape index (κ1) is 19.5. The van der Waals surface area contributed by atoms with Crippen LogP contribution in [0.25, 0.3) is 0 Å². The van der Waals surface area contributed by atoms with Crippen LogP contribution in [0.2, 0.25) is 0 Å². The molecule has 1 aromatic heterocycles. The molecule has 27 heavy (non-hydrogen) atoms. The summed E-state index contributed by atoms with van der Waals surface area (Å²) in [5.74, 6) is -0.0734. The van der Waals surface area contributed by atoms with E-state index in [1.54, 1.807) is 16.7 Å². The normalized spacial score (nSPS) is 20.5. The molecule has 2 fully saturated rings. The molecule has 148 valence electrons. The van der Waals surface area contributed by atoms with Crippen molar-refractivity contribution in [3.8, 4) is 0 Å². The SMILES string of the molecule is CCOC(=O)N1CCN(C(=O)c2ccc(N3CCCCC3CC)cn2)CC1. The van der Waals surface area contributed by atoms with Gasteiger partial charge in [0.25, 0.3) is 5.91 Å². The van der Waals surface area contributed by atoms with Crippen LogP contribution in [0.4, 0.5) is 10.5 Å². The average molecular weight is 374 g/mol. The van der Waals surface area contributed by atoms with Gasteiger partial charge in [-0.2, -0.15) is 0 Å². The van der Waals surface area contributed by atoms with E-state index in [9.17, 15) is 9.59 Å². The Hall–Kier alpha value is -2.31. The molecule has 0 N–H and O–H groups in total. The van der Waals surface area contributed by atoms with Crippen molar-refractivity contribution in [1.29, 1.82) is 0 Å². The quantitative estimate of drug-likeness (QED) is 0.811. The number of carbonyl (C=O) groups excluding carboxylic acids is 2. The topological polar surface area (TPSA) is 66.0 Å². The van der Waals surface area contributed by atoms with E-state index < -0.39 is 0 Å². The molecule has 3 heterocycles. The van der Waals surface area contributed by atoms with E-state index in [4.69, 9.17) is 4.74 Å². The summed E-state index contributed by atoms with van der Waals surface area (Å²) in [7, 11) is 0. The molecule has 1 atom stereocenters. The summed E-state index contributed by atoms with van der Waals surface area (Å²) in [6.45, 7) is 7.44. The monoisotopic (exact) mass is 374 g/mol. The van der Waals surface area contributed by atoms with Crippen molar-refractivity contribution < 1.29 is 14.3 Å². The zero-order valence-corrected chi connectivity index (χ0v) is 16.4. The molecule has 1 aromatic rings. The van der Waals surface area contributed by atoms with Crippen LogP contribution in [-0.4, -0.2) is 72.2 Å². The van der Waals surface area contributed by atoms with Gasteiger partial charge in [0, 0.05) is 38.8 Å². The number of ether oxygens (including phenoxy) is 1. The molecule has 1 unspecified atom stereocenters. The molecule has 0 aliphatic carbocycles. The Bertz CT molecular complexity index is 641. The van der Waals surface area contributed by atoms with E-state index in [-0.39, 0.29) is 12.0 Å². The highest BCUT2D eigenvalue weighted by atomic mass is 16.6. The zero-order valence-electron chi connectivity index (χ0n) is 16.4.